The fourth-order valence-corrected chi connectivity index (χ4v) is 3.53. The van der Waals surface area contributed by atoms with Crippen molar-refractivity contribution >= 4 is 16.8 Å². The van der Waals surface area contributed by atoms with Gasteiger partial charge < -0.3 is 9.88 Å². The Labute approximate surface area is 148 Å². The van der Waals surface area contributed by atoms with Crippen LogP contribution in [0.3, 0.4) is 0 Å². The van der Waals surface area contributed by atoms with Gasteiger partial charge in [-0.3, -0.25) is 9.69 Å². The van der Waals surface area contributed by atoms with E-state index < -0.39 is 0 Å². The maximum Gasteiger partial charge on any atom is 0.270 e. The van der Waals surface area contributed by atoms with Crippen LogP contribution in [-0.4, -0.2) is 46.9 Å². The molecule has 1 aromatic heterocycles. The fourth-order valence-electron chi connectivity index (χ4n) is 3.53. The van der Waals surface area contributed by atoms with E-state index in [2.05, 4.69) is 34.1 Å². The van der Waals surface area contributed by atoms with Crippen molar-refractivity contribution in [1.82, 2.24) is 14.8 Å². The number of hydrogen-bond donors (Lipinski definition) is 1. The summed E-state index contributed by atoms with van der Waals surface area (Å²) in [5, 5.41) is 1.09. The van der Waals surface area contributed by atoms with E-state index in [0.717, 1.165) is 50.0 Å². The first-order valence-corrected chi connectivity index (χ1v) is 8.93. The molecule has 0 atom stereocenters. The molecule has 0 saturated carbocycles. The second kappa shape index (κ2) is 7.11. The molecule has 2 heterocycles. The summed E-state index contributed by atoms with van der Waals surface area (Å²) >= 11 is 0. The average molecular weight is 333 g/mol. The van der Waals surface area contributed by atoms with Crippen molar-refractivity contribution in [1.29, 1.82) is 0 Å². The molecule has 2 aromatic carbocycles. The van der Waals surface area contributed by atoms with Crippen LogP contribution in [0.4, 0.5) is 0 Å². The van der Waals surface area contributed by atoms with Gasteiger partial charge >= 0.3 is 0 Å². The van der Waals surface area contributed by atoms with Crippen molar-refractivity contribution in [2.45, 2.75) is 13.0 Å². The van der Waals surface area contributed by atoms with Gasteiger partial charge in [0, 0.05) is 43.6 Å². The van der Waals surface area contributed by atoms with Gasteiger partial charge in [-0.25, -0.2) is 0 Å². The molecular weight excluding hydrogens is 310 g/mol. The summed E-state index contributed by atoms with van der Waals surface area (Å²) in [5.41, 5.74) is 3.04. The standard InChI is InChI=1S/C21H23N3O/c25-21(20-15-18-9-4-5-10-19(18)22-20)24-12-6-11-23(13-14-24)16-17-7-2-1-3-8-17/h1-5,7-10,15,22H,6,11-14,16H2. The van der Waals surface area contributed by atoms with Gasteiger partial charge in [0.1, 0.15) is 5.69 Å². The number of nitrogens with zero attached hydrogens (tertiary/aromatic N) is 2. The van der Waals surface area contributed by atoms with Crippen molar-refractivity contribution in [2.24, 2.45) is 0 Å². The minimum atomic E-state index is 0.109. The van der Waals surface area contributed by atoms with E-state index >= 15 is 0 Å². The number of nitrogens with one attached hydrogen (secondary N) is 1. The molecule has 1 fully saturated rings. The molecule has 25 heavy (non-hydrogen) atoms. The molecule has 1 amide bonds. The van der Waals surface area contributed by atoms with E-state index in [1.165, 1.54) is 5.56 Å². The van der Waals surface area contributed by atoms with Crippen LogP contribution in [-0.2, 0) is 6.54 Å². The maximum atomic E-state index is 12.9. The summed E-state index contributed by atoms with van der Waals surface area (Å²) in [7, 11) is 0. The number of aromatic nitrogens is 1. The van der Waals surface area contributed by atoms with Crippen LogP contribution in [0.5, 0.6) is 0 Å². The molecule has 0 spiro atoms. The lowest BCUT2D eigenvalue weighted by Gasteiger charge is -2.21. The highest BCUT2D eigenvalue weighted by molar-refractivity contribution is 5.98. The monoisotopic (exact) mass is 333 g/mol. The van der Waals surface area contributed by atoms with Crippen LogP contribution in [0.2, 0.25) is 0 Å². The van der Waals surface area contributed by atoms with Gasteiger partial charge in [0.15, 0.2) is 0 Å². The maximum absolute atomic E-state index is 12.9. The number of carbonyl (C=O) groups is 1. The van der Waals surface area contributed by atoms with Crippen molar-refractivity contribution < 1.29 is 4.79 Å². The molecule has 1 aliphatic heterocycles. The highest BCUT2D eigenvalue weighted by Crippen LogP contribution is 2.17. The van der Waals surface area contributed by atoms with E-state index in [0.29, 0.717) is 5.69 Å². The number of rotatable bonds is 3. The lowest BCUT2D eigenvalue weighted by Crippen LogP contribution is -2.35. The van der Waals surface area contributed by atoms with Crippen molar-refractivity contribution in [3.63, 3.8) is 0 Å². The van der Waals surface area contributed by atoms with E-state index in [9.17, 15) is 4.79 Å². The molecule has 128 valence electrons. The van der Waals surface area contributed by atoms with Crippen LogP contribution in [0.25, 0.3) is 10.9 Å². The zero-order valence-electron chi connectivity index (χ0n) is 14.3. The second-order valence-electron chi connectivity index (χ2n) is 6.68. The van der Waals surface area contributed by atoms with E-state index in [1.54, 1.807) is 0 Å². The molecule has 0 aliphatic carbocycles. The second-order valence-corrected chi connectivity index (χ2v) is 6.68. The molecule has 4 nitrogen and oxygen atoms in total. The van der Waals surface area contributed by atoms with E-state index in [4.69, 9.17) is 0 Å². The molecule has 4 heteroatoms. The predicted molar refractivity (Wildman–Crippen MR) is 101 cm³/mol. The number of aromatic amines is 1. The summed E-state index contributed by atoms with van der Waals surface area (Å²) in [6.45, 7) is 4.50. The molecular formula is C21H23N3O. The first-order valence-electron chi connectivity index (χ1n) is 8.93. The van der Waals surface area contributed by atoms with Crippen molar-refractivity contribution in [3.8, 4) is 0 Å². The van der Waals surface area contributed by atoms with Gasteiger partial charge in [-0.15, -0.1) is 0 Å². The van der Waals surface area contributed by atoms with Gasteiger partial charge in [-0.2, -0.15) is 0 Å². The van der Waals surface area contributed by atoms with E-state index in [1.807, 2.05) is 41.3 Å². The van der Waals surface area contributed by atoms with Crippen LogP contribution in [0, 0.1) is 0 Å². The molecule has 1 N–H and O–H groups in total. The Hall–Kier alpha value is -2.59. The Balaban J connectivity index is 1.42. The SMILES string of the molecule is O=C(c1cc2ccccc2[nH]1)N1CCCN(Cc2ccccc2)CC1. The molecule has 4 rings (SSSR count). The van der Waals surface area contributed by atoms with Crippen molar-refractivity contribution in [3.05, 3.63) is 71.9 Å². The molecule has 0 unspecified atom stereocenters. The highest BCUT2D eigenvalue weighted by atomic mass is 16.2. The highest BCUT2D eigenvalue weighted by Gasteiger charge is 2.21. The zero-order chi connectivity index (χ0) is 17.1. The molecule has 1 aliphatic rings. The molecule has 0 bridgehead atoms. The number of para-hydroxylation sites is 1. The summed E-state index contributed by atoms with van der Waals surface area (Å²) in [6.07, 6.45) is 1.01. The quantitative estimate of drug-likeness (QED) is 0.796. The van der Waals surface area contributed by atoms with Crippen LogP contribution in [0.15, 0.2) is 60.7 Å². The molecule has 0 radical (unpaired) electrons. The fraction of sp³-hybridized carbons (Fsp3) is 0.286. The predicted octanol–water partition coefficient (Wildman–Crippen LogP) is 3.52. The van der Waals surface area contributed by atoms with Gasteiger partial charge in [-0.1, -0.05) is 48.5 Å². The first-order chi connectivity index (χ1) is 12.3. The number of fused-ring (bicyclic) bond motifs is 1. The number of hydrogen-bond acceptors (Lipinski definition) is 2. The Morgan fingerprint density at radius 3 is 2.56 bits per heavy atom. The molecule has 3 aromatic rings. The third-order valence-corrected chi connectivity index (χ3v) is 4.89. The van der Waals surface area contributed by atoms with Gasteiger partial charge in [0.2, 0.25) is 0 Å². The van der Waals surface area contributed by atoms with Gasteiger partial charge in [0.05, 0.1) is 0 Å². The third kappa shape index (κ3) is 3.59. The first kappa shape index (κ1) is 15.9. The Kier molecular flexibility index (Phi) is 4.53. The summed E-state index contributed by atoms with van der Waals surface area (Å²) < 4.78 is 0. The number of carbonyl (C=O) groups excluding carboxylic acids is 1. The van der Waals surface area contributed by atoms with Gasteiger partial charge in [0.25, 0.3) is 5.91 Å². The Bertz CT molecular complexity index is 823. The van der Waals surface area contributed by atoms with Crippen LogP contribution >= 0.6 is 0 Å². The largest absolute Gasteiger partial charge is 0.351 e. The number of benzene rings is 2. The van der Waals surface area contributed by atoms with E-state index in [-0.39, 0.29) is 5.91 Å². The van der Waals surface area contributed by atoms with Crippen LogP contribution in [0.1, 0.15) is 22.5 Å². The average Bonchev–Trinajstić information content (AvgIpc) is 2.95. The lowest BCUT2D eigenvalue weighted by atomic mass is 10.2. The molecule has 1 saturated heterocycles. The zero-order valence-corrected chi connectivity index (χ0v) is 14.3. The Morgan fingerprint density at radius 2 is 1.72 bits per heavy atom. The van der Waals surface area contributed by atoms with Crippen molar-refractivity contribution in [2.75, 3.05) is 26.2 Å². The minimum Gasteiger partial charge on any atom is -0.351 e. The minimum absolute atomic E-state index is 0.109. The Morgan fingerprint density at radius 1 is 0.920 bits per heavy atom. The normalized spacial score (nSPS) is 16.1. The summed E-state index contributed by atoms with van der Waals surface area (Å²) in [6, 6.07) is 20.5. The number of amides is 1. The third-order valence-electron chi connectivity index (χ3n) is 4.89. The van der Waals surface area contributed by atoms with Gasteiger partial charge in [-0.05, 0) is 24.1 Å². The number of H-pyrrole nitrogens is 1. The van der Waals surface area contributed by atoms with Crippen LogP contribution < -0.4 is 0 Å². The topological polar surface area (TPSA) is 39.3 Å². The smallest absolute Gasteiger partial charge is 0.270 e. The summed E-state index contributed by atoms with van der Waals surface area (Å²) in [4.78, 5) is 20.5. The summed E-state index contributed by atoms with van der Waals surface area (Å²) in [5.74, 6) is 0.109. The lowest BCUT2D eigenvalue weighted by molar-refractivity contribution is 0.0756.